The van der Waals surface area contributed by atoms with E-state index in [1.54, 1.807) is 0 Å². The van der Waals surface area contributed by atoms with E-state index in [0.29, 0.717) is 0 Å². The molecule has 13 heavy (non-hydrogen) atoms. The van der Waals surface area contributed by atoms with Crippen LogP contribution in [-0.2, 0) is 0 Å². The highest BCUT2D eigenvalue weighted by Crippen LogP contribution is 2.00. The van der Waals surface area contributed by atoms with Crippen LogP contribution in [0, 0.1) is 0 Å². The van der Waals surface area contributed by atoms with E-state index in [9.17, 15) is 0 Å². The van der Waals surface area contributed by atoms with Gasteiger partial charge in [-0.25, -0.2) is 0 Å². The molecule has 82 valence electrons. The summed E-state index contributed by atoms with van der Waals surface area (Å²) >= 11 is 0. The van der Waals surface area contributed by atoms with Gasteiger partial charge in [0.2, 0.25) is 0 Å². The van der Waals surface area contributed by atoms with Gasteiger partial charge in [0.1, 0.15) is 0 Å². The van der Waals surface area contributed by atoms with Gasteiger partial charge in [0.15, 0.2) is 0 Å². The number of hydrogen-bond acceptors (Lipinski definition) is 1. The molecule has 0 aliphatic rings. The van der Waals surface area contributed by atoms with Crippen LogP contribution < -0.4 is 5.32 Å². The Morgan fingerprint density at radius 1 is 0.692 bits per heavy atom. The minimum absolute atomic E-state index is 1.16. The summed E-state index contributed by atoms with van der Waals surface area (Å²) in [6, 6.07) is 0. The molecule has 0 rings (SSSR count). The molecule has 0 atom stereocenters. The summed E-state index contributed by atoms with van der Waals surface area (Å²) < 4.78 is 0. The molecule has 1 heteroatoms. The van der Waals surface area contributed by atoms with E-state index in [4.69, 9.17) is 0 Å². The average molecular weight is 187 g/mol. The molecule has 0 bridgehead atoms. The molecule has 0 radical (unpaired) electrons. The minimum Gasteiger partial charge on any atom is -0.320 e. The normalized spacial score (nSPS) is 9.23. The van der Waals surface area contributed by atoms with Gasteiger partial charge in [-0.2, -0.15) is 0 Å². The molecular weight excluding hydrogens is 158 g/mol. The van der Waals surface area contributed by atoms with Gasteiger partial charge in [0, 0.05) is 0 Å². The summed E-state index contributed by atoms with van der Waals surface area (Å²) in [6.07, 6.45) is 9.60. The van der Waals surface area contributed by atoms with Crippen molar-refractivity contribution in [2.75, 3.05) is 13.6 Å². The standard InChI is InChI=1S/C7H16.C5H13N/c1-3-5-7-6-4-2;1-3-4-5-6-2/h3-7H2,1-2H3;6H,3-5H2,1-2H3. The van der Waals surface area contributed by atoms with Crippen molar-refractivity contribution >= 4 is 0 Å². The van der Waals surface area contributed by atoms with Crippen LogP contribution in [0.15, 0.2) is 0 Å². The molecule has 0 heterocycles. The van der Waals surface area contributed by atoms with Crippen LogP contribution in [0.5, 0.6) is 0 Å². The molecule has 1 nitrogen and oxygen atoms in total. The van der Waals surface area contributed by atoms with Gasteiger partial charge in [-0.05, 0) is 20.0 Å². The van der Waals surface area contributed by atoms with Crippen LogP contribution in [-0.4, -0.2) is 13.6 Å². The highest BCUT2D eigenvalue weighted by atomic mass is 14.8. The molecule has 0 aliphatic heterocycles. The average Bonchev–Trinajstić information content (AvgIpc) is 2.17. The van der Waals surface area contributed by atoms with Crippen LogP contribution in [0.4, 0.5) is 0 Å². The largest absolute Gasteiger partial charge is 0.320 e. The fourth-order valence-corrected chi connectivity index (χ4v) is 1.03. The van der Waals surface area contributed by atoms with E-state index in [1.807, 2.05) is 7.05 Å². The molecule has 0 saturated heterocycles. The highest BCUT2D eigenvalue weighted by Gasteiger charge is 1.80. The second-order valence-electron chi connectivity index (χ2n) is 3.52. The first-order valence-electron chi connectivity index (χ1n) is 5.97. The van der Waals surface area contributed by atoms with E-state index >= 15 is 0 Å². The Labute approximate surface area is 85.3 Å². The molecule has 0 spiro atoms. The molecule has 0 saturated carbocycles. The van der Waals surface area contributed by atoms with Gasteiger partial charge >= 0.3 is 0 Å². The summed E-state index contributed by atoms with van der Waals surface area (Å²) in [5.41, 5.74) is 0. The molecule has 0 aromatic heterocycles. The fraction of sp³-hybridized carbons (Fsp3) is 1.00. The first-order chi connectivity index (χ1) is 6.33. The zero-order valence-corrected chi connectivity index (χ0v) is 10.2. The van der Waals surface area contributed by atoms with Gasteiger partial charge in [-0.15, -0.1) is 0 Å². The van der Waals surface area contributed by atoms with Crippen LogP contribution in [0.25, 0.3) is 0 Å². The van der Waals surface area contributed by atoms with Crippen molar-refractivity contribution in [3.8, 4) is 0 Å². The van der Waals surface area contributed by atoms with Crippen molar-refractivity contribution in [1.29, 1.82) is 0 Å². The zero-order valence-electron chi connectivity index (χ0n) is 10.2. The van der Waals surface area contributed by atoms with Crippen LogP contribution >= 0.6 is 0 Å². The SMILES string of the molecule is CCCCCCC.CCCCNC. The Morgan fingerprint density at radius 2 is 1.15 bits per heavy atom. The van der Waals surface area contributed by atoms with Crippen LogP contribution in [0.3, 0.4) is 0 Å². The summed E-state index contributed by atoms with van der Waals surface area (Å²) in [6.45, 7) is 7.85. The third kappa shape index (κ3) is 24.5. The molecule has 0 aliphatic carbocycles. The fourth-order valence-electron chi connectivity index (χ4n) is 1.03. The lowest BCUT2D eigenvalue weighted by atomic mass is 10.2. The van der Waals surface area contributed by atoms with Gasteiger partial charge in [-0.1, -0.05) is 59.3 Å². The first-order valence-corrected chi connectivity index (χ1v) is 5.97. The molecule has 0 aromatic carbocycles. The smallest absolute Gasteiger partial charge is 0.00520 e. The predicted octanol–water partition coefficient (Wildman–Crippen LogP) is 3.98. The minimum atomic E-state index is 1.16. The Morgan fingerprint density at radius 3 is 1.38 bits per heavy atom. The Kier molecular flexibility index (Phi) is 21.2. The molecule has 0 aromatic rings. The maximum Gasteiger partial charge on any atom is -0.00520 e. The third-order valence-corrected chi connectivity index (χ3v) is 1.99. The maximum atomic E-state index is 3.07. The van der Waals surface area contributed by atoms with Gasteiger partial charge in [-0.3, -0.25) is 0 Å². The van der Waals surface area contributed by atoms with Crippen molar-refractivity contribution in [2.45, 2.75) is 65.7 Å². The molecule has 1 N–H and O–H groups in total. The monoisotopic (exact) mass is 187 g/mol. The Hall–Kier alpha value is -0.0400. The van der Waals surface area contributed by atoms with Crippen molar-refractivity contribution in [2.24, 2.45) is 0 Å². The molecule has 0 fully saturated rings. The lowest BCUT2D eigenvalue weighted by Gasteiger charge is -1.90. The third-order valence-electron chi connectivity index (χ3n) is 1.99. The second-order valence-corrected chi connectivity index (χ2v) is 3.52. The number of rotatable bonds is 7. The van der Waals surface area contributed by atoms with E-state index in [1.165, 1.54) is 44.9 Å². The lowest BCUT2D eigenvalue weighted by Crippen LogP contribution is -2.06. The molecular formula is C12H29N. The van der Waals surface area contributed by atoms with Crippen molar-refractivity contribution in [1.82, 2.24) is 5.32 Å². The number of unbranched alkanes of at least 4 members (excludes halogenated alkanes) is 5. The first kappa shape index (κ1) is 15.4. The number of nitrogens with one attached hydrogen (secondary N) is 1. The number of hydrogen-bond donors (Lipinski definition) is 1. The molecule has 0 unspecified atom stereocenters. The predicted molar refractivity (Wildman–Crippen MR) is 63.3 cm³/mol. The summed E-state index contributed by atoms with van der Waals surface area (Å²) in [4.78, 5) is 0. The van der Waals surface area contributed by atoms with Gasteiger partial charge < -0.3 is 5.32 Å². The summed E-state index contributed by atoms with van der Waals surface area (Å²) in [5, 5.41) is 3.07. The van der Waals surface area contributed by atoms with E-state index < -0.39 is 0 Å². The van der Waals surface area contributed by atoms with Crippen molar-refractivity contribution in [3.63, 3.8) is 0 Å². The van der Waals surface area contributed by atoms with Gasteiger partial charge in [0.05, 0.1) is 0 Å². The second kappa shape index (κ2) is 17.9. The summed E-state index contributed by atoms with van der Waals surface area (Å²) in [5.74, 6) is 0. The molecule has 0 amide bonds. The van der Waals surface area contributed by atoms with E-state index in [-0.39, 0.29) is 0 Å². The van der Waals surface area contributed by atoms with Crippen LogP contribution in [0.1, 0.15) is 65.7 Å². The Balaban J connectivity index is 0. The van der Waals surface area contributed by atoms with E-state index in [2.05, 4.69) is 26.1 Å². The Bertz CT molecular complexity index is 54.1. The van der Waals surface area contributed by atoms with Crippen molar-refractivity contribution < 1.29 is 0 Å². The lowest BCUT2D eigenvalue weighted by molar-refractivity contribution is 0.656. The van der Waals surface area contributed by atoms with E-state index in [0.717, 1.165) is 6.54 Å². The summed E-state index contributed by atoms with van der Waals surface area (Å²) in [7, 11) is 1.98. The maximum absolute atomic E-state index is 3.07. The van der Waals surface area contributed by atoms with Crippen LogP contribution in [0.2, 0.25) is 0 Å². The van der Waals surface area contributed by atoms with Crippen molar-refractivity contribution in [3.05, 3.63) is 0 Å². The van der Waals surface area contributed by atoms with Gasteiger partial charge in [0.25, 0.3) is 0 Å². The topological polar surface area (TPSA) is 12.0 Å². The quantitative estimate of drug-likeness (QED) is 0.594. The highest BCUT2D eigenvalue weighted by molar-refractivity contribution is 4.36. The zero-order chi connectivity index (χ0) is 10.4.